The van der Waals surface area contributed by atoms with Gasteiger partial charge in [-0.15, -0.1) is 0 Å². The second-order valence-corrected chi connectivity index (χ2v) is 9.15. The summed E-state index contributed by atoms with van der Waals surface area (Å²) in [6.45, 7) is 12.0. The monoisotopic (exact) mass is 394 g/mol. The quantitative estimate of drug-likeness (QED) is 0.836. The van der Waals surface area contributed by atoms with E-state index in [0.717, 1.165) is 49.2 Å². The van der Waals surface area contributed by atoms with Crippen molar-refractivity contribution in [2.45, 2.75) is 65.3 Å². The van der Waals surface area contributed by atoms with E-state index in [1.807, 2.05) is 4.90 Å². The molecule has 1 aromatic carbocycles. The molecule has 1 unspecified atom stereocenters. The summed E-state index contributed by atoms with van der Waals surface area (Å²) in [6.07, 6.45) is 3.15. The smallest absolute Gasteiger partial charge is 0.252 e. The van der Waals surface area contributed by atoms with E-state index in [1.54, 1.807) is 13.0 Å². The zero-order valence-corrected chi connectivity index (χ0v) is 18.0. The Morgan fingerprint density at radius 3 is 2.55 bits per heavy atom. The van der Waals surface area contributed by atoms with E-state index in [-0.39, 0.29) is 17.0 Å². The molecule has 1 saturated heterocycles. The number of amides is 1. The van der Waals surface area contributed by atoms with Crippen molar-refractivity contribution in [1.29, 1.82) is 0 Å². The van der Waals surface area contributed by atoms with Crippen molar-refractivity contribution in [2.75, 3.05) is 22.9 Å². The lowest BCUT2D eigenvalue weighted by molar-refractivity contribution is -0.117. The third-order valence-electron chi connectivity index (χ3n) is 6.28. The normalized spacial score (nSPS) is 20.7. The molecule has 0 aliphatic carbocycles. The fourth-order valence-corrected chi connectivity index (χ4v) is 5.12. The van der Waals surface area contributed by atoms with Crippen molar-refractivity contribution >= 4 is 17.5 Å². The Balaban J connectivity index is 1.88. The Morgan fingerprint density at radius 2 is 1.90 bits per heavy atom. The zero-order chi connectivity index (χ0) is 20.9. The number of nitrogens with one attached hydrogen (secondary N) is 1. The first-order valence-corrected chi connectivity index (χ1v) is 10.5. The summed E-state index contributed by atoms with van der Waals surface area (Å²) < 4.78 is 0. The van der Waals surface area contributed by atoms with Crippen LogP contribution < -0.4 is 15.4 Å². The molecule has 1 amide bonds. The third-order valence-corrected chi connectivity index (χ3v) is 6.28. The molecular weight excluding hydrogens is 364 g/mol. The molecule has 6 nitrogen and oxygen atoms in total. The summed E-state index contributed by atoms with van der Waals surface area (Å²) in [6, 6.07) is 5.78. The van der Waals surface area contributed by atoms with Crippen LogP contribution in [0.5, 0.6) is 0 Å². The number of fused-ring (bicyclic) bond motifs is 1. The number of rotatable bonds is 2. The van der Waals surface area contributed by atoms with E-state index in [2.05, 4.69) is 49.7 Å². The van der Waals surface area contributed by atoms with Crippen LogP contribution in [0.1, 0.15) is 64.0 Å². The fourth-order valence-electron chi connectivity index (χ4n) is 5.12. The first-order chi connectivity index (χ1) is 13.7. The highest BCUT2D eigenvalue weighted by atomic mass is 16.2. The summed E-state index contributed by atoms with van der Waals surface area (Å²) in [5, 5.41) is 0. The Morgan fingerprint density at radius 1 is 1.21 bits per heavy atom. The molecular formula is C23H30N4O2. The number of hydrogen-bond acceptors (Lipinski definition) is 4. The van der Waals surface area contributed by atoms with E-state index < -0.39 is 0 Å². The molecule has 4 rings (SSSR count). The lowest BCUT2D eigenvalue weighted by Crippen LogP contribution is -2.50. The summed E-state index contributed by atoms with van der Waals surface area (Å²) in [4.78, 5) is 36.6. The summed E-state index contributed by atoms with van der Waals surface area (Å²) in [5.74, 6) is 1.03. The number of aromatic nitrogens is 2. The number of aromatic amines is 1. The van der Waals surface area contributed by atoms with Crippen molar-refractivity contribution < 1.29 is 4.79 Å². The predicted octanol–water partition coefficient (Wildman–Crippen LogP) is 3.98. The molecule has 0 bridgehead atoms. The van der Waals surface area contributed by atoms with Crippen LogP contribution in [0.2, 0.25) is 0 Å². The lowest BCUT2D eigenvalue weighted by atomic mass is 9.78. The van der Waals surface area contributed by atoms with Gasteiger partial charge in [0.15, 0.2) is 0 Å². The highest BCUT2D eigenvalue weighted by Gasteiger charge is 2.39. The van der Waals surface area contributed by atoms with Gasteiger partial charge in [0.2, 0.25) is 11.9 Å². The maximum Gasteiger partial charge on any atom is 0.252 e. The van der Waals surface area contributed by atoms with Crippen LogP contribution in [-0.4, -0.2) is 34.5 Å². The van der Waals surface area contributed by atoms with Gasteiger partial charge in [0.25, 0.3) is 5.56 Å². The summed E-state index contributed by atoms with van der Waals surface area (Å²) in [5.41, 5.74) is 4.36. The van der Waals surface area contributed by atoms with Crippen LogP contribution in [0.15, 0.2) is 23.0 Å². The average Bonchev–Trinajstić information content (AvgIpc) is 3.15. The predicted molar refractivity (Wildman–Crippen MR) is 117 cm³/mol. The molecule has 0 saturated carbocycles. The molecule has 0 radical (unpaired) electrons. The van der Waals surface area contributed by atoms with Gasteiger partial charge in [-0.3, -0.25) is 14.6 Å². The molecule has 29 heavy (non-hydrogen) atoms. The van der Waals surface area contributed by atoms with E-state index in [0.29, 0.717) is 17.6 Å². The zero-order valence-electron chi connectivity index (χ0n) is 18.0. The van der Waals surface area contributed by atoms with Gasteiger partial charge in [-0.2, -0.15) is 0 Å². The largest absolute Gasteiger partial charge is 0.342 e. The van der Waals surface area contributed by atoms with Crippen molar-refractivity contribution in [3.8, 4) is 11.3 Å². The van der Waals surface area contributed by atoms with Gasteiger partial charge in [0.05, 0.1) is 5.69 Å². The van der Waals surface area contributed by atoms with Gasteiger partial charge in [0.1, 0.15) is 0 Å². The SMILES string of the molecule is CC(=O)N1c2cc(-c3cc(=O)[nH]c(N4CCCC4)n3)c(C)cc2C(C)CC1(C)C. The lowest BCUT2D eigenvalue weighted by Gasteiger charge is -2.46. The van der Waals surface area contributed by atoms with E-state index in [1.165, 1.54) is 5.56 Å². The Labute approximate surface area is 172 Å². The van der Waals surface area contributed by atoms with Gasteiger partial charge in [-0.1, -0.05) is 13.0 Å². The number of anilines is 2. The minimum absolute atomic E-state index is 0.0366. The van der Waals surface area contributed by atoms with Gasteiger partial charge in [-0.25, -0.2) is 4.98 Å². The molecule has 2 aliphatic heterocycles. The van der Waals surface area contributed by atoms with Crippen LogP contribution in [0.3, 0.4) is 0 Å². The number of carbonyl (C=O) groups is 1. The van der Waals surface area contributed by atoms with E-state index in [9.17, 15) is 9.59 Å². The van der Waals surface area contributed by atoms with Crippen molar-refractivity contribution in [3.63, 3.8) is 0 Å². The first kappa shape index (κ1) is 19.7. The number of aryl methyl sites for hydroxylation is 1. The first-order valence-electron chi connectivity index (χ1n) is 10.5. The summed E-state index contributed by atoms with van der Waals surface area (Å²) >= 11 is 0. The topological polar surface area (TPSA) is 69.3 Å². The van der Waals surface area contributed by atoms with E-state index >= 15 is 0 Å². The highest BCUT2D eigenvalue weighted by molar-refractivity contribution is 5.95. The highest BCUT2D eigenvalue weighted by Crippen LogP contribution is 2.45. The van der Waals surface area contributed by atoms with Crippen LogP contribution in [0.25, 0.3) is 11.3 Å². The standard InChI is InChI=1S/C23H30N4O2/c1-14-10-18-15(2)13-23(4,5)27(16(3)28)20(18)11-17(14)19-12-21(29)25-22(24-19)26-8-6-7-9-26/h10-12,15H,6-9,13H2,1-5H3,(H,24,25,29). The molecule has 6 heteroatoms. The third kappa shape index (κ3) is 3.45. The molecule has 1 atom stereocenters. The van der Waals surface area contributed by atoms with Gasteiger partial charge >= 0.3 is 0 Å². The molecule has 1 N–H and O–H groups in total. The van der Waals surface area contributed by atoms with E-state index in [4.69, 9.17) is 4.98 Å². The van der Waals surface area contributed by atoms with Crippen LogP contribution in [-0.2, 0) is 4.79 Å². The van der Waals surface area contributed by atoms with Crippen molar-refractivity contribution in [2.24, 2.45) is 0 Å². The van der Waals surface area contributed by atoms with Gasteiger partial charge in [0, 0.05) is 42.9 Å². The number of H-pyrrole nitrogens is 1. The minimum atomic E-state index is -0.257. The van der Waals surface area contributed by atoms with Crippen molar-refractivity contribution in [1.82, 2.24) is 9.97 Å². The second kappa shape index (κ2) is 7.01. The Bertz CT molecular complexity index is 1020. The van der Waals surface area contributed by atoms with Gasteiger partial charge in [-0.05, 0) is 63.1 Å². The Hall–Kier alpha value is -2.63. The maximum absolute atomic E-state index is 12.5. The number of nitrogens with zero attached hydrogens (tertiary/aromatic N) is 3. The molecule has 154 valence electrons. The van der Waals surface area contributed by atoms with Gasteiger partial charge < -0.3 is 9.80 Å². The number of carbonyl (C=O) groups excluding carboxylic acids is 1. The molecule has 3 heterocycles. The molecule has 0 spiro atoms. The van der Waals surface area contributed by atoms with Crippen LogP contribution >= 0.6 is 0 Å². The maximum atomic E-state index is 12.5. The fraction of sp³-hybridized carbons (Fsp3) is 0.522. The van der Waals surface area contributed by atoms with Crippen LogP contribution in [0, 0.1) is 6.92 Å². The second-order valence-electron chi connectivity index (χ2n) is 9.15. The van der Waals surface area contributed by atoms with Crippen molar-refractivity contribution in [3.05, 3.63) is 39.7 Å². The minimum Gasteiger partial charge on any atom is -0.342 e. The Kier molecular flexibility index (Phi) is 4.75. The average molecular weight is 395 g/mol. The number of benzene rings is 1. The summed E-state index contributed by atoms with van der Waals surface area (Å²) in [7, 11) is 0. The molecule has 2 aliphatic rings. The molecule has 1 aromatic heterocycles. The number of hydrogen-bond donors (Lipinski definition) is 1. The van der Waals surface area contributed by atoms with Crippen LogP contribution in [0.4, 0.5) is 11.6 Å². The molecule has 2 aromatic rings. The molecule has 1 fully saturated rings.